The highest BCUT2D eigenvalue weighted by molar-refractivity contribution is 7.90. The summed E-state index contributed by atoms with van der Waals surface area (Å²) in [5.41, 5.74) is 0.151. The van der Waals surface area contributed by atoms with E-state index in [9.17, 15) is 23.4 Å². The first-order valence-electron chi connectivity index (χ1n) is 13.6. The van der Waals surface area contributed by atoms with E-state index < -0.39 is 33.0 Å². The Kier molecular flexibility index (Phi) is 8.79. The summed E-state index contributed by atoms with van der Waals surface area (Å²) in [4.78, 5) is 17.2. The second-order valence-corrected chi connectivity index (χ2v) is 13.7. The number of hydrogen-bond donors (Lipinski definition) is 3. The summed E-state index contributed by atoms with van der Waals surface area (Å²) >= 11 is 13.1. The zero-order valence-electron chi connectivity index (χ0n) is 24.3. The van der Waals surface area contributed by atoms with Crippen LogP contribution in [0.4, 0.5) is 4.39 Å². The molecule has 0 saturated heterocycles. The summed E-state index contributed by atoms with van der Waals surface area (Å²) in [6.45, 7) is 3.06. The van der Waals surface area contributed by atoms with Gasteiger partial charge in [0.2, 0.25) is 5.88 Å². The van der Waals surface area contributed by atoms with Crippen LogP contribution >= 0.6 is 23.2 Å². The van der Waals surface area contributed by atoms with Crippen molar-refractivity contribution < 1.29 is 27.8 Å². The number of sulfone groups is 1. The number of halogens is 3. The average Bonchev–Trinajstić information content (AvgIpc) is 3.32. The van der Waals surface area contributed by atoms with Gasteiger partial charge in [-0.1, -0.05) is 71.7 Å². The zero-order valence-corrected chi connectivity index (χ0v) is 26.7. The lowest BCUT2D eigenvalue weighted by atomic mass is 10.0. The molecule has 1 heterocycles. The summed E-state index contributed by atoms with van der Waals surface area (Å²) in [6, 6.07) is 22.4. The Labute approximate surface area is 269 Å². The van der Waals surface area contributed by atoms with Crippen molar-refractivity contribution >= 4 is 38.9 Å². The van der Waals surface area contributed by atoms with Gasteiger partial charge < -0.3 is 15.5 Å². The summed E-state index contributed by atoms with van der Waals surface area (Å²) in [7, 11) is -3.83. The predicted octanol–water partition coefficient (Wildman–Crippen LogP) is 6.92. The number of carbonyl (C=O) groups is 1. The number of carbonyl (C=O) groups excluding carboxylic acids is 1. The molecule has 5 aromatic rings. The number of aromatic hydroxyl groups is 1. The SMILES string of the molecule is CC(C)(O)c1nc(-c2c(F)cccc2Cl)n(-c2ccc(-c3ccc(C(=O)NCc4ccccc4)c(S(C)(=O)=O)c3)cc2Cl)c1O. The van der Waals surface area contributed by atoms with Crippen molar-refractivity contribution in [2.45, 2.75) is 30.9 Å². The van der Waals surface area contributed by atoms with Crippen LogP contribution in [-0.2, 0) is 22.0 Å². The molecule has 0 unspecified atom stereocenters. The van der Waals surface area contributed by atoms with Gasteiger partial charge in [0.25, 0.3) is 5.91 Å². The predicted molar refractivity (Wildman–Crippen MR) is 172 cm³/mol. The maximum absolute atomic E-state index is 15.0. The average molecular weight is 669 g/mol. The molecule has 0 fully saturated rings. The standard InChI is InChI=1S/C33H28Cl2FN3O5S/c1-33(2,42)29-32(41)39(30(38-29)28-23(34)10-7-11-25(28)36)26-15-13-20(16-24(26)35)21-12-14-22(27(17-21)45(3,43)44)31(40)37-18-19-8-5-4-6-9-19/h4-17,41-42H,18H2,1-3H3,(H,37,40). The Bertz CT molecular complexity index is 2020. The molecule has 0 saturated carbocycles. The molecule has 45 heavy (non-hydrogen) atoms. The highest BCUT2D eigenvalue weighted by atomic mass is 35.5. The van der Waals surface area contributed by atoms with Crippen molar-refractivity contribution in [3.8, 4) is 34.1 Å². The third-order valence-electron chi connectivity index (χ3n) is 7.06. The van der Waals surface area contributed by atoms with Gasteiger partial charge in [0.1, 0.15) is 17.1 Å². The Balaban J connectivity index is 1.57. The summed E-state index contributed by atoms with van der Waals surface area (Å²) < 4.78 is 41.7. The second-order valence-electron chi connectivity index (χ2n) is 10.9. The fraction of sp³-hybridized carbons (Fsp3) is 0.152. The molecular weight excluding hydrogens is 640 g/mol. The molecule has 0 spiro atoms. The number of aromatic nitrogens is 2. The fourth-order valence-corrected chi connectivity index (χ4v) is 6.28. The Hall–Kier alpha value is -4.22. The summed E-state index contributed by atoms with van der Waals surface area (Å²) in [5, 5.41) is 24.7. The van der Waals surface area contributed by atoms with Gasteiger partial charge in [-0.3, -0.25) is 9.36 Å². The molecule has 8 nitrogen and oxygen atoms in total. The van der Waals surface area contributed by atoms with Crippen molar-refractivity contribution in [1.82, 2.24) is 14.9 Å². The van der Waals surface area contributed by atoms with E-state index in [0.29, 0.717) is 11.1 Å². The van der Waals surface area contributed by atoms with E-state index in [1.807, 2.05) is 30.3 Å². The normalized spacial score (nSPS) is 11.9. The highest BCUT2D eigenvalue weighted by Crippen LogP contribution is 2.41. The molecule has 1 aromatic heterocycles. The molecule has 232 valence electrons. The first kappa shape index (κ1) is 32.2. The van der Waals surface area contributed by atoms with E-state index in [1.54, 1.807) is 12.1 Å². The minimum Gasteiger partial charge on any atom is -0.493 e. The lowest BCUT2D eigenvalue weighted by Gasteiger charge is -2.16. The first-order chi connectivity index (χ1) is 21.2. The van der Waals surface area contributed by atoms with E-state index in [-0.39, 0.29) is 49.8 Å². The minimum absolute atomic E-state index is 0.00575. The van der Waals surface area contributed by atoms with Crippen LogP contribution in [0, 0.1) is 5.82 Å². The lowest BCUT2D eigenvalue weighted by Crippen LogP contribution is -2.24. The second kappa shape index (κ2) is 12.3. The Morgan fingerprint density at radius 3 is 2.24 bits per heavy atom. The monoisotopic (exact) mass is 667 g/mol. The van der Waals surface area contributed by atoms with Crippen molar-refractivity contribution in [1.29, 1.82) is 0 Å². The van der Waals surface area contributed by atoms with Crippen LogP contribution in [0.2, 0.25) is 10.0 Å². The number of amides is 1. The van der Waals surface area contributed by atoms with Gasteiger partial charge in [0.15, 0.2) is 15.7 Å². The quantitative estimate of drug-likeness (QED) is 0.165. The molecular formula is C33H28Cl2FN3O5S. The van der Waals surface area contributed by atoms with Crippen LogP contribution in [0.1, 0.15) is 35.5 Å². The van der Waals surface area contributed by atoms with E-state index >= 15 is 4.39 Å². The number of nitrogens with one attached hydrogen (secondary N) is 1. The molecule has 5 rings (SSSR count). The topological polar surface area (TPSA) is 122 Å². The van der Waals surface area contributed by atoms with Gasteiger partial charge in [-0.25, -0.2) is 17.8 Å². The van der Waals surface area contributed by atoms with Crippen LogP contribution in [0.3, 0.4) is 0 Å². The molecule has 3 N–H and O–H groups in total. The molecule has 0 aliphatic carbocycles. The highest BCUT2D eigenvalue weighted by Gasteiger charge is 2.31. The van der Waals surface area contributed by atoms with Crippen molar-refractivity contribution in [2.75, 3.05) is 6.26 Å². The van der Waals surface area contributed by atoms with Gasteiger partial charge in [-0.15, -0.1) is 0 Å². The first-order valence-corrected chi connectivity index (χ1v) is 16.3. The number of aliphatic hydroxyl groups is 1. The largest absolute Gasteiger partial charge is 0.493 e. The van der Waals surface area contributed by atoms with E-state index in [0.717, 1.165) is 11.8 Å². The van der Waals surface area contributed by atoms with E-state index in [2.05, 4.69) is 10.3 Å². The van der Waals surface area contributed by atoms with E-state index in [4.69, 9.17) is 23.2 Å². The minimum atomic E-state index is -3.83. The maximum Gasteiger partial charge on any atom is 0.252 e. The van der Waals surface area contributed by atoms with E-state index in [1.165, 1.54) is 60.9 Å². The third-order valence-corrected chi connectivity index (χ3v) is 8.82. The van der Waals surface area contributed by atoms with Crippen molar-refractivity contribution in [2.24, 2.45) is 0 Å². The maximum atomic E-state index is 15.0. The van der Waals surface area contributed by atoms with Crippen LogP contribution in [0.5, 0.6) is 5.88 Å². The van der Waals surface area contributed by atoms with Gasteiger partial charge in [0, 0.05) is 12.8 Å². The lowest BCUT2D eigenvalue weighted by molar-refractivity contribution is 0.0712. The molecule has 0 aliphatic heterocycles. The number of nitrogens with zero attached hydrogens (tertiary/aromatic N) is 2. The number of benzene rings is 4. The van der Waals surface area contributed by atoms with Crippen molar-refractivity contribution in [3.63, 3.8) is 0 Å². The van der Waals surface area contributed by atoms with Crippen LogP contribution < -0.4 is 5.32 Å². The molecule has 12 heteroatoms. The molecule has 0 bridgehead atoms. The van der Waals surface area contributed by atoms with Crippen LogP contribution in [0.15, 0.2) is 89.8 Å². The van der Waals surface area contributed by atoms with Crippen LogP contribution in [-0.4, -0.2) is 40.3 Å². The number of rotatable bonds is 8. The Morgan fingerprint density at radius 2 is 1.62 bits per heavy atom. The van der Waals surface area contributed by atoms with Gasteiger partial charge in [-0.2, -0.15) is 0 Å². The van der Waals surface area contributed by atoms with Crippen molar-refractivity contribution in [3.05, 3.63) is 118 Å². The number of imidazole rings is 1. The molecule has 4 aromatic carbocycles. The molecule has 1 amide bonds. The van der Waals surface area contributed by atoms with Gasteiger partial charge in [-0.05, 0) is 66.9 Å². The van der Waals surface area contributed by atoms with Gasteiger partial charge >= 0.3 is 0 Å². The zero-order chi connectivity index (χ0) is 32.7. The third kappa shape index (κ3) is 6.60. The van der Waals surface area contributed by atoms with Gasteiger partial charge in [0.05, 0.1) is 31.8 Å². The fourth-order valence-electron chi connectivity index (χ4n) is 4.87. The summed E-state index contributed by atoms with van der Waals surface area (Å²) in [6.07, 6.45) is 1.02. The van der Waals surface area contributed by atoms with Crippen LogP contribution in [0.25, 0.3) is 28.2 Å². The smallest absolute Gasteiger partial charge is 0.252 e. The molecule has 0 radical (unpaired) electrons. The number of hydrogen-bond acceptors (Lipinski definition) is 6. The molecule has 0 atom stereocenters. The Morgan fingerprint density at radius 1 is 0.956 bits per heavy atom. The molecule has 0 aliphatic rings. The summed E-state index contributed by atoms with van der Waals surface area (Å²) in [5.74, 6) is -1.81.